The molecule has 0 radical (unpaired) electrons. The van der Waals surface area contributed by atoms with Gasteiger partial charge in [-0.05, 0) is 36.3 Å². The maximum atomic E-state index is 11.6. The predicted molar refractivity (Wildman–Crippen MR) is 86.5 cm³/mol. The number of ether oxygens (including phenoxy) is 2. The molecule has 2 heterocycles. The topological polar surface area (TPSA) is 82.6 Å². The molecule has 0 bridgehead atoms. The number of hydrogen-bond acceptors (Lipinski definition) is 8. The zero-order chi connectivity index (χ0) is 16.7. The van der Waals surface area contributed by atoms with E-state index in [1.807, 2.05) is 18.2 Å². The number of cyclic esters (lactones) is 2. The van der Waals surface area contributed by atoms with Crippen molar-refractivity contribution in [1.29, 1.82) is 0 Å². The van der Waals surface area contributed by atoms with Crippen LogP contribution < -0.4 is 0 Å². The lowest BCUT2D eigenvalue weighted by Crippen LogP contribution is -2.09. The normalized spacial score (nSPS) is 14.1. The number of carbonyl (C=O) groups excluding carboxylic acids is 3. The van der Waals surface area contributed by atoms with E-state index in [0.29, 0.717) is 5.75 Å². The molecule has 0 amide bonds. The molecule has 0 aliphatic carbocycles. The van der Waals surface area contributed by atoms with Gasteiger partial charge in [0.25, 0.3) is 0 Å². The molecule has 6 nitrogen and oxygen atoms in total. The minimum absolute atomic E-state index is 0.0487. The smallest absolute Gasteiger partial charge is 0.342 e. The molecule has 0 spiro atoms. The van der Waals surface area contributed by atoms with Crippen LogP contribution in [0.15, 0.2) is 40.6 Å². The summed E-state index contributed by atoms with van der Waals surface area (Å²) in [7, 11) is 3.06. The molecule has 0 fully saturated rings. The lowest BCUT2D eigenvalue weighted by molar-refractivity contribution is -0.151. The molecule has 8 heteroatoms. The van der Waals surface area contributed by atoms with Crippen molar-refractivity contribution in [2.24, 2.45) is 0 Å². The van der Waals surface area contributed by atoms with E-state index in [4.69, 9.17) is 4.74 Å². The number of pyridine rings is 1. The first-order chi connectivity index (χ1) is 11.1. The van der Waals surface area contributed by atoms with Gasteiger partial charge in [-0.25, -0.2) is 14.6 Å². The molecule has 1 aromatic rings. The summed E-state index contributed by atoms with van der Waals surface area (Å²) in [6.45, 7) is 1.80. The van der Waals surface area contributed by atoms with Gasteiger partial charge in [0.2, 0.25) is 0 Å². The Labute approximate surface area is 141 Å². The third-order valence-corrected chi connectivity index (χ3v) is 5.21. The Balaban J connectivity index is 1.61. The Morgan fingerprint density at radius 1 is 1.30 bits per heavy atom. The highest BCUT2D eigenvalue weighted by molar-refractivity contribution is 8.76. The standard InChI is InChI=1S/C15H15NO5S2/c1-10-11(15(19)21-14(10)18)5-6-13(17)20-8-9-22-23-12-4-2-3-7-16-12/h2-4,7H,5-6,8-9H2,1H3. The Morgan fingerprint density at radius 2 is 2.13 bits per heavy atom. The highest BCUT2D eigenvalue weighted by atomic mass is 33.1. The first kappa shape index (κ1) is 17.6. The van der Waals surface area contributed by atoms with Crippen LogP contribution in [-0.2, 0) is 23.9 Å². The Morgan fingerprint density at radius 3 is 2.78 bits per heavy atom. The van der Waals surface area contributed by atoms with Gasteiger partial charge in [0.05, 0.1) is 0 Å². The van der Waals surface area contributed by atoms with Gasteiger partial charge in [0, 0.05) is 29.5 Å². The Kier molecular flexibility index (Phi) is 6.66. The van der Waals surface area contributed by atoms with Crippen LogP contribution >= 0.6 is 21.6 Å². The van der Waals surface area contributed by atoms with Crippen LogP contribution in [0.5, 0.6) is 0 Å². The van der Waals surface area contributed by atoms with E-state index >= 15 is 0 Å². The van der Waals surface area contributed by atoms with Crippen LogP contribution in [-0.4, -0.2) is 35.3 Å². The molecule has 1 aliphatic rings. The maximum Gasteiger partial charge on any atom is 0.342 e. The number of nitrogens with zero attached hydrogens (tertiary/aromatic N) is 1. The molecular weight excluding hydrogens is 338 g/mol. The Hall–Kier alpha value is -1.80. The number of esters is 3. The molecule has 0 saturated heterocycles. The van der Waals surface area contributed by atoms with Gasteiger partial charge in [-0.15, -0.1) is 0 Å². The summed E-state index contributed by atoms with van der Waals surface area (Å²) in [5.74, 6) is -1.07. The lowest BCUT2D eigenvalue weighted by atomic mass is 10.1. The quantitative estimate of drug-likeness (QED) is 0.305. The molecule has 2 rings (SSSR count). The summed E-state index contributed by atoms with van der Waals surface area (Å²) in [5, 5.41) is 0.899. The number of carbonyl (C=O) groups is 3. The van der Waals surface area contributed by atoms with Gasteiger partial charge in [-0.2, -0.15) is 0 Å². The van der Waals surface area contributed by atoms with E-state index in [1.165, 1.54) is 17.7 Å². The van der Waals surface area contributed by atoms with Crippen molar-refractivity contribution in [2.45, 2.75) is 24.8 Å². The second-order valence-electron chi connectivity index (χ2n) is 4.57. The maximum absolute atomic E-state index is 11.6. The van der Waals surface area contributed by atoms with Crippen molar-refractivity contribution >= 4 is 39.5 Å². The summed E-state index contributed by atoms with van der Waals surface area (Å²) >= 11 is 0. The van der Waals surface area contributed by atoms with Crippen molar-refractivity contribution in [1.82, 2.24) is 4.98 Å². The van der Waals surface area contributed by atoms with Crippen molar-refractivity contribution < 1.29 is 23.9 Å². The van der Waals surface area contributed by atoms with E-state index < -0.39 is 17.9 Å². The van der Waals surface area contributed by atoms with Crippen molar-refractivity contribution in [2.75, 3.05) is 12.4 Å². The highest BCUT2D eigenvalue weighted by Crippen LogP contribution is 2.28. The fourth-order valence-corrected chi connectivity index (χ4v) is 3.48. The summed E-state index contributed by atoms with van der Waals surface area (Å²) in [6, 6.07) is 5.66. The number of rotatable bonds is 8. The van der Waals surface area contributed by atoms with Crippen LogP contribution in [0.4, 0.5) is 0 Å². The highest BCUT2D eigenvalue weighted by Gasteiger charge is 2.29. The molecule has 0 unspecified atom stereocenters. The first-order valence-electron chi connectivity index (χ1n) is 6.90. The van der Waals surface area contributed by atoms with Crippen molar-refractivity contribution in [3.8, 4) is 0 Å². The van der Waals surface area contributed by atoms with Gasteiger partial charge in [-0.3, -0.25) is 4.79 Å². The molecule has 1 aromatic heterocycles. The molecule has 23 heavy (non-hydrogen) atoms. The lowest BCUT2D eigenvalue weighted by Gasteiger charge is -2.04. The molecule has 0 atom stereocenters. The summed E-state index contributed by atoms with van der Waals surface area (Å²) < 4.78 is 9.54. The van der Waals surface area contributed by atoms with E-state index in [1.54, 1.807) is 17.0 Å². The van der Waals surface area contributed by atoms with Crippen molar-refractivity contribution in [3.05, 3.63) is 35.5 Å². The third kappa shape index (κ3) is 5.40. The molecule has 0 N–H and O–H groups in total. The summed E-state index contributed by atoms with van der Waals surface area (Å²) in [6.07, 6.45) is 1.93. The molecule has 0 aromatic carbocycles. The number of hydrogen-bond donors (Lipinski definition) is 0. The minimum atomic E-state index is -0.664. The zero-order valence-electron chi connectivity index (χ0n) is 12.4. The number of aromatic nitrogens is 1. The second kappa shape index (κ2) is 8.73. The van der Waals surface area contributed by atoms with Crippen LogP contribution in [0, 0.1) is 0 Å². The monoisotopic (exact) mass is 353 g/mol. The Bertz CT molecular complexity index is 630. The zero-order valence-corrected chi connectivity index (χ0v) is 14.1. The average molecular weight is 353 g/mol. The van der Waals surface area contributed by atoms with Crippen molar-refractivity contribution in [3.63, 3.8) is 0 Å². The van der Waals surface area contributed by atoms with E-state index in [0.717, 1.165) is 5.03 Å². The summed E-state index contributed by atoms with van der Waals surface area (Å²) in [4.78, 5) is 38.3. The fourth-order valence-electron chi connectivity index (χ4n) is 1.78. The van der Waals surface area contributed by atoms with Crippen LogP contribution in [0.2, 0.25) is 0 Å². The van der Waals surface area contributed by atoms with Crippen LogP contribution in [0.1, 0.15) is 19.8 Å². The average Bonchev–Trinajstić information content (AvgIpc) is 2.79. The van der Waals surface area contributed by atoms with E-state index in [9.17, 15) is 14.4 Å². The van der Waals surface area contributed by atoms with Gasteiger partial charge in [0.15, 0.2) is 0 Å². The molecule has 1 aliphatic heterocycles. The molecule has 122 valence electrons. The van der Waals surface area contributed by atoms with Gasteiger partial charge >= 0.3 is 17.9 Å². The molecule has 0 saturated carbocycles. The van der Waals surface area contributed by atoms with Crippen LogP contribution in [0.3, 0.4) is 0 Å². The second-order valence-corrected chi connectivity index (χ2v) is 7.01. The minimum Gasteiger partial charge on any atom is -0.465 e. The van der Waals surface area contributed by atoms with E-state index in [2.05, 4.69) is 9.72 Å². The predicted octanol–water partition coefficient (Wildman–Crippen LogP) is 2.55. The van der Waals surface area contributed by atoms with Gasteiger partial charge in [0.1, 0.15) is 11.6 Å². The van der Waals surface area contributed by atoms with E-state index in [-0.39, 0.29) is 30.6 Å². The first-order valence-corrected chi connectivity index (χ1v) is 9.22. The fraction of sp³-hybridized carbons (Fsp3) is 0.333. The van der Waals surface area contributed by atoms with Gasteiger partial charge < -0.3 is 9.47 Å². The molecular formula is C15H15NO5S2. The SMILES string of the molecule is CC1=C(CCC(=O)OCCSSc2ccccn2)C(=O)OC1=O. The van der Waals surface area contributed by atoms with Crippen LogP contribution in [0.25, 0.3) is 0 Å². The largest absolute Gasteiger partial charge is 0.465 e. The third-order valence-electron chi connectivity index (χ3n) is 2.98. The van der Waals surface area contributed by atoms with Gasteiger partial charge in [-0.1, -0.05) is 16.9 Å². The summed E-state index contributed by atoms with van der Waals surface area (Å²) in [5.41, 5.74) is 0.525.